The number of nitrogens with zero attached hydrogens (tertiary/aromatic N) is 2. The lowest BCUT2D eigenvalue weighted by molar-refractivity contribution is -0.384. The van der Waals surface area contributed by atoms with Gasteiger partial charge < -0.3 is 15.5 Å². The van der Waals surface area contributed by atoms with Crippen molar-refractivity contribution in [3.63, 3.8) is 0 Å². The van der Waals surface area contributed by atoms with Gasteiger partial charge in [0.1, 0.15) is 6.10 Å². The summed E-state index contributed by atoms with van der Waals surface area (Å²) in [6.45, 7) is 0.608. The summed E-state index contributed by atoms with van der Waals surface area (Å²) in [5.74, 6) is 0.348. The molecule has 21 heavy (non-hydrogen) atoms. The van der Waals surface area contributed by atoms with Gasteiger partial charge in [-0.3, -0.25) is 10.1 Å². The Morgan fingerprint density at radius 3 is 3.00 bits per heavy atom. The molecule has 3 rings (SSSR count). The molecule has 1 heterocycles. The van der Waals surface area contributed by atoms with E-state index in [2.05, 4.69) is 9.97 Å². The zero-order chi connectivity index (χ0) is 14.8. The number of non-ortho nitro benzene ring substituents is 1. The molecule has 112 valence electrons. The van der Waals surface area contributed by atoms with Crippen molar-refractivity contribution >= 4 is 16.7 Å². The second-order valence-electron chi connectivity index (χ2n) is 5.44. The zero-order valence-electron chi connectivity index (χ0n) is 11.6. The van der Waals surface area contributed by atoms with Crippen molar-refractivity contribution in [1.29, 1.82) is 0 Å². The topological polar surface area (TPSA) is 107 Å². The summed E-state index contributed by atoms with van der Waals surface area (Å²) >= 11 is 0. The molecule has 0 aliphatic heterocycles. The highest BCUT2D eigenvalue weighted by molar-refractivity contribution is 5.78. The van der Waals surface area contributed by atoms with Crippen LogP contribution in [-0.4, -0.2) is 27.5 Å². The summed E-state index contributed by atoms with van der Waals surface area (Å²) in [5, 5.41) is 10.8. The number of H-pyrrole nitrogens is 1. The fraction of sp³-hybridized carbons (Fsp3) is 0.500. The standard InChI is InChI=1S/C14H18N4O3/c15-8-9-3-1-2-4-13(9)21-14-16-11-6-5-10(18(19)20)7-12(11)17-14/h5-7,9,13H,1-4,8,15H2,(H,16,17). The number of imidazole rings is 1. The summed E-state index contributed by atoms with van der Waals surface area (Å²) in [6.07, 6.45) is 4.44. The summed E-state index contributed by atoms with van der Waals surface area (Å²) in [4.78, 5) is 17.7. The normalized spacial score (nSPS) is 22.3. The minimum absolute atomic E-state index is 0.0372. The first-order valence-corrected chi connectivity index (χ1v) is 7.18. The maximum atomic E-state index is 10.8. The average Bonchev–Trinajstić information content (AvgIpc) is 2.89. The van der Waals surface area contributed by atoms with Gasteiger partial charge in [-0.25, -0.2) is 0 Å². The number of nitro groups is 1. The highest BCUT2D eigenvalue weighted by Gasteiger charge is 2.26. The van der Waals surface area contributed by atoms with Gasteiger partial charge in [-0.1, -0.05) is 6.42 Å². The maximum absolute atomic E-state index is 10.8. The Kier molecular flexibility index (Phi) is 3.74. The molecule has 1 saturated carbocycles. The molecular weight excluding hydrogens is 272 g/mol. The number of fused-ring (bicyclic) bond motifs is 1. The Morgan fingerprint density at radius 1 is 1.43 bits per heavy atom. The summed E-state index contributed by atoms with van der Waals surface area (Å²) in [6, 6.07) is 4.95. The molecule has 0 bridgehead atoms. The van der Waals surface area contributed by atoms with Crippen LogP contribution in [0.4, 0.5) is 5.69 Å². The first-order chi connectivity index (χ1) is 10.2. The van der Waals surface area contributed by atoms with E-state index in [1.165, 1.54) is 18.6 Å². The first-order valence-electron chi connectivity index (χ1n) is 7.18. The van der Waals surface area contributed by atoms with Crippen LogP contribution in [-0.2, 0) is 0 Å². The van der Waals surface area contributed by atoms with Crippen molar-refractivity contribution < 1.29 is 9.66 Å². The number of aromatic nitrogens is 2. The monoisotopic (exact) mass is 290 g/mol. The second kappa shape index (κ2) is 5.69. The molecule has 2 unspecified atom stereocenters. The summed E-state index contributed by atoms with van der Waals surface area (Å²) in [5.41, 5.74) is 7.10. The number of rotatable bonds is 4. The predicted octanol–water partition coefficient (Wildman–Crippen LogP) is 2.37. The lowest BCUT2D eigenvalue weighted by atomic mass is 9.86. The van der Waals surface area contributed by atoms with Gasteiger partial charge >= 0.3 is 0 Å². The Bertz CT molecular complexity index is 655. The van der Waals surface area contributed by atoms with Crippen LogP contribution in [0.15, 0.2) is 18.2 Å². The smallest absolute Gasteiger partial charge is 0.294 e. The van der Waals surface area contributed by atoms with Gasteiger partial charge in [0.15, 0.2) is 0 Å². The van der Waals surface area contributed by atoms with Gasteiger partial charge in [0.25, 0.3) is 11.7 Å². The Morgan fingerprint density at radius 2 is 2.24 bits per heavy atom. The van der Waals surface area contributed by atoms with Crippen LogP contribution >= 0.6 is 0 Å². The van der Waals surface area contributed by atoms with Crippen LogP contribution in [0.2, 0.25) is 0 Å². The fourth-order valence-corrected chi connectivity index (χ4v) is 2.89. The van der Waals surface area contributed by atoms with Crippen LogP contribution in [0.25, 0.3) is 11.0 Å². The van der Waals surface area contributed by atoms with Gasteiger partial charge in [0, 0.05) is 18.1 Å². The molecule has 2 aromatic rings. The molecule has 0 spiro atoms. The number of nitro benzene ring substituents is 1. The average molecular weight is 290 g/mol. The van der Waals surface area contributed by atoms with Gasteiger partial charge in [-0.2, -0.15) is 4.98 Å². The third-order valence-corrected chi connectivity index (χ3v) is 4.06. The van der Waals surface area contributed by atoms with Crippen LogP contribution < -0.4 is 10.5 Å². The molecule has 0 saturated heterocycles. The fourth-order valence-electron chi connectivity index (χ4n) is 2.89. The molecule has 1 aliphatic rings. The van der Waals surface area contributed by atoms with Crippen LogP contribution in [0.1, 0.15) is 25.7 Å². The Labute approximate surface area is 121 Å². The SMILES string of the molecule is NCC1CCCCC1Oc1nc2ccc([N+](=O)[O-])cc2[nH]1. The van der Waals surface area contributed by atoms with E-state index in [1.54, 1.807) is 6.07 Å². The van der Waals surface area contributed by atoms with Crippen LogP contribution in [0.5, 0.6) is 6.01 Å². The van der Waals surface area contributed by atoms with Crippen LogP contribution in [0, 0.1) is 16.0 Å². The van der Waals surface area contributed by atoms with E-state index < -0.39 is 4.92 Å². The molecule has 1 aromatic carbocycles. The molecule has 0 amide bonds. The highest BCUT2D eigenvalue weighted by Crippen LogP contribution is 2.28. The van der Waals surface area contributed by atoms with E-state index in [4.69, 9.17) is 10.5 Å². The van der Waals surface area contributed by atoms with E-state index >= 15 is 0 Å². The quantitative estimate of drug-likeness (QED) is 0.664. The van der Waals surface area contributed by atoms with Crippen molar-refractivity contribution in [2.75, 3.05) is 6.54 Å². The van der Waals surface area contributed by atoms with Crippen molar-refractivity contribution in [3.8, 4) is 6.01 Å². The van der Waals surface area contributed by atoms with Gasteiger partial charge in [-0.15, -0.1) is 0 Å². The van der Waals surface area contributed by atoms with E-state index in [-0.39, 0.29) is 11.8 Å². The van der Waals surface area contributed by atoms with E-state index in [9.17, 15) is 10.1 Å². The van der Waals surface area contributed by atoms with E-state index in [0.29, 0.717) is 29.5 Å². The number of ether oxygens (including phenoxy) is 1. The predicted molar refractivity (Wildman–Crippen MR) is 78.2 cm³/mol. The first kappa shape index (κ1) is 13.8. The molecule has 1 aromatic heterocycles. The Balaban J connectivity index is 1.82. The van der Waals surface area contributed by atoms with Crippen molar-refractivity contribution in [3.05, 3.63) is 28.3 Å². The zero-order valence-corrected chi connectivity index (χ0v) is 11.6. The van der Waals surface area contributed by atoms with E-state index in [0.717, 1.165) is 19.3 Å². The Hall–Kier alpha value is -2.15. The number of hydrogen-bond acceptors (Lipinski definition) is 5. The molecule has 1 aliphatic carbocycles. The molecule has 3 N–H and O–H groups in total. The summed E-state index contributed by atoms with van der Waals surface area (Å²) < 4.78 is 5.93. The minimum Gasteiger partial charge on any atom is -0.461 e. The third kappa shape index (κ3) is 2.82. The molecule has 2 atom stereocenters. The molecule has 1 fully saturated rings. The lowest BCUT2D eigenvalue weighted by Crippen LogP contribution is -2.35. The third-order valence-electron chi connectivity index (χ3n) is 4.06. The van der Waals surface area contributed by atoms with Gasteiger partial charge in [-0.05, 0) is 31.9 Å². The number of benzene rings is 1. The molecule has 0 radical (unpaired) electrons. The van der Waals surface area contributed by atoms with E-state index in [1.807, 2.05) is 0 Å². The van der Waals surface area contributed by atoms with Crippen molar-refractivity contribution in [2.45, 2.75) is 31.8 Å². The molecule has 7 heteroatoms. The molecular formula is C14H18N4O3. The number of aromatic amines is 1. The number of nitrogens with two attached hydrogens (primary N) is 1. The van der Waals surface area contributed by atoms with Gasteiger partial charge in [0.2, 0.25) is 0 Å². The van der Waals surface area contributed by atoms with Crippen molar-refractivity contribution in [2.24, 2.45) is 11.7 Å². The number of nitrogens with one attached hydrogen (secondary N) is 1. The number of hydrogen-bond donors (Lipinski definition) is 2. The minimum atomic E-state index is -0.424. The van der Waals surface area contributed by atoms with Crippen LogP contribution in [0.3, 0.4) is 0 Å². The summed E-state index contributed by atoms with van der Waals surface area (Å²) in [7, 11) is 0. The lowest BCUT2D eigenvalue weighted by Gasteiger charge is -2.29. The largest absolute Gasteiger partial charge is 0.461 e. The second-order valence-corrected chi connectivity index (χ2v) is 5.44. The molecule has 7 nitrogen and oxygen atoms in total. The maximum Gasteiger partial charge on any atom is 0.294 e. The highest BCUT2D eigenvalue weighted by atomic mass is 16.6. The van der Waals surface area contributed by atoms with Crippen molar-refractivity contribution in [1.82, 2.24) is 9.97 Å². The van der Waals surface area contributed by atoms with Gasteiger partial charge in [0.05, 0.1) is 16.0 Å².